The number of aryl methyl sites for hydroxylation is 1. The molecule has 0 radical (unpaired) electrons. The third kappa shape index (κ3) is 3.37. The zero-order chi connectivity index (χ0) is 17.3. The molecule has 0 spiro atoms. The Bertz CT molecular complexity index is 717. The first-order chi connectivity index (χ1) is 11.3. The van der Waals surface area contributed by atoms with Crippen molar-refractivity contribution in [2.24, 2.45) is 0 Å². The molecule has 3 rings (SSSR count). The van der Waals surface area contributed by atoms with Crippen LogP contribution in [0.1, 0.15) is 21.9 Å². The van der Waals surface area contributed by atoms with Crippen LogP contribution in [0, 0.1) is 6.92 Å². The van der Waals surface area contributed by atoms with E-state index in [1.807, 2.05) is 4.90 Å². The maximum absolute atomic E-state index is 12.6. The molecule has 1 aliphatic heterocycles. The van der Waals surface area contributed by atoms with Crippen LogP contribution < -0.4 is 4.90 Å². The first-order valence-electron chi connectivity index (χ1n) is 7.48. The average Bonchev–Trinajstić information content (AvgIpc) is 3.00. The molecular weight excluding hydrogens is 323 g/mol. The van der Waals surface area contributed by atoms with Crippen LogP contribution >= 0.6 is 0 Å². The molecule has 0 aromatic carbocycles. The Balaban J connectivity index is 1.61. The van der Waals surface area contributed by atoms with Gasteiger partial charge >= 0.3 is 6.18 Å². The first kappa shape index (κ1) is 16.4. The third-order valence-electron chi connectivity index (χ3n) is 3.92. The summed E-state index contributed by atoms with van der Waals surface area (Å²) in [6.45, 7) is 3.70. The Morgan fingerprint density at radius 1 is 1.12 bits per heavy atom. The van der Waals surface area contributed by atoms with E-state index in [1.165, 1.54) is 6.07 Å². The number of amides is 1. The standard InChI is InChI=1S/C16H16F3N3O2/c1-11-2-4-13(24-11)15(23)22-8-6-21(7-9-22)14-5-3-12(10-20-14)16(17,18)19/h2-5,10H,6-9H2,1H3. The molecule has 24 heavy (non-hydrogen) atoms. The van der Waals surface area contributed by atoms with Gasteiger partial charge in [0.2, 0.25) is 0 Å². The summed E-state index contributed by atoms with van der Waals surface area (Å²) in [5.74, 6) is 1.27. The summed E-state index contributed by atoms with van der Waals surface area (Å²) in [6, 6.07) is 5.75. The fourth-order valence-corrected chi connectivity index (χ4v) is 2.58. The summed E-state index contributed by atoms with van der Waals surface area (Å²) in [5.41, 5.74) is -0.770. The van der Waals surface area contributed by atoms with Crippen molar-refractivity contribution in [3.63, 3.8) is 0 Å². The molecule has 1 aliphatic rings. The molecule has 3 heterocycles. The third-order valence-corrected chi connectivity index (χ3v) is 3.92. The van der Waals surface area contributed by atoms with Crippen molar-refractivity contribution < 1.29 is 22.4 Å². The van der Waals surface area contributed by atoms with Crippen LogP contribution in [-0.4, -0.2) is 42.0 Å². The molecule has 5 nitrogen and oxygen atoms in total. The van der Waals surface area contributed by atoms with Crippen LogP contribution in [0.2, 0.25) is 0 Å². The van der Waals surface area contributed by atoms with Gasteiger partial charge in [0.15, 0.2) is 5.76 Å². The highest BCUT2D eigenvalue weighted by Gasteiger charge is 2.31. The van der Waals surface area contributed by atoms with E-state index in [-0.39, 0.29) is 5.91 Å². The monoisotopic (exact) mass is 339 g/mol. The number of aromatic nitrogens is 1. The summed E-state index contributed by atoms with van der Waals surface area (Å²) in [4.78, 5) is 19.7. The predicted octanol–water partition coefficient (Wildman–Crippen LogP) is 2.96. The molecule has 1 amide bonds. The Labute approximate surface area is 136 Å². The van der Waals surface area contributed by atoms with E-state index in [9.17, 15) is 18.0 Å². The van der Waals surface area contributed by atoms with Gasteiger partial charge in [-0.2, -0.15) is 13.2 Å². The molecule has 2 aromatic rings. The van der Waals surface area contributed by atoms with Crippen LogP contribution in [-0.2, 0) is 6.18 Å². The smallest absolute Gasteiger partial charge is 0.417 e. The number of rotatable bonds is 2. The lowest BCUT2D eigenvalue weighted by Crippen LogP contribution is -2.49. The topological polar surface area (TPSA) is 49.6 Å². The van der Waals surface area contributed by atoms with Gasteiger partial charge in [0.1, 0.15) is 11.6 Å². The number of carbonyl (C=O) groups excluding carboxylic acids is 1. The predicted molar refractivity (Wildman–Crippen MR) is 80.8 cm³/mol. The Morgan fingerprint density at radius 3 is 2.33 bits per heavy atom. The number of piperazine rings is 1. The fraction of sp³-hybridized carbons (Fsp3) is 0.375. The highest BCUT2D eigenvalue weighted by atomic mass is 19.4. The van der Waals surface area contributed by atoms with Crippen molar-refractivity contribution >= 4 is 11.7 Å². The van der Waals surface area contributed by atoms with E-state index in [4.69, 9.17) is 4.42 Å². The van der Waals surface area contributed by atoms with E-state index in [0.29, 0.717) is 43.5 Å². The van der Waals surface area contributed by atoms with Crippen molar-refractivity contribution in [1.82, 2.24) is 9.88 Å². The SMILES string of the molecule is Cc1ccc(C(=O)N2CCN(c3ccc(C(F)(F)F)cn3)CC2)o1. The van der Waals surface area contributed by atoms with Crippen LogP contribution in [0.15, 0.2) is 34.9 Å². The van der Waals surface area contributed by atoms with Crippen LogP contribution in [0.3, 0.4) is 0 Å². The summed E-state index contributed by atoms with van der Waals surface area (Å²) < 4.78 is 43.0. The molecule has 0 unspecified atom stereocenters. The molecule has 1 fully saturated rings. The minimum absolute atomic E-state index is 0.178. The van der Waals surface area contributed by atoms with Crippen molar-refractivity contribution in [2.75, 3.05) is 31.1 Å². The second kappa shape index (κ2) is 6.18. The van der Waals surface area contributed by atoms with Gasteiger partial charge in [-0.3, -0.25) is 4.79 Å². The van der Waals surface area contributed by atoms with Gasteiger partial charge in [0.05, 0.1) is 5.56 Å². The Hall–Kier alpha value is -2.51. The van der Waals surface area contributed by atoms with E-state index < -0.39 is 11.7 Å². The highest BCUT2D eigenvalue weighted by molar-refractivity contribution is 5.91. The second-order valence-electron chi connectivity index (χ2n) is 5.59. The van der Waals surface area contributed by atoms with Gasteiger partial charge in [0, 0.05) is 32.4 Å². The van der Waals surface area contributed by atoms with Gasteiger partial charge in [-0.25, -0.2) is 4.98 Å². The molecule has 0 atom stereocenters. The molecule has 128 valence electrons. The summed E-state index contributed by atoms with van der Waals surface area (Å²) in [5, 5.41) is 0. The largest absolute Gasteiger partial charge is 0.456 e. The minimum Gasteiger partial charge on any atom is -0.456 e. The number of hydrogen-bond donors (Lipinski definition) is 0. The number of furan rings is 1. The lowest BCUT2D eigenvalue weighted by Gasteiger charge is -2.35. The number of anilines is 1. The van der Waals surface area contributed by atoms with Gasteiger partial charge in [-0.05, 0) is 31.2 Å². The number of halogens is 3. The number of nitrogens with zero attached hydrogens (tertiary/aromatic N) is 3. The molecule has 0 bridgehead atoms. The molecule has 0 aliphatic carbocycles. The van der Waals surface area contributed by atoms with Crippen molar-refractivity contribution in [3.05, 3.63) is 47.5 Å². The zero-order valence-electron chi connectivity index (χ0n) is 13.0. The van der Waals surface area contributed by atoms with E-state index in [2.05, 4.69) is 4.98 Å². The second-order valence-corrected chi connectivity index (χ2v) is 5.59. The van der Waals surface area contributed by atoms with Crippen molar-refractivity contribution in [3.8, 4) is 0 Å². The normalized spacial score (nSPS) is 15.7. The lowest BCUT2D eigenvalue weighted by atomic mass is 10.2. The molecule has 8 heteroatoms. The van der Waals surface area contributed by atoms with E-state index in [0.717, 1.165) is 12.3 Å². The van der Waals surface area contributed by atoms with Crippen LogP contribution in [0.5, 0.6) is 0 Å². The van der Waals surface area contributed by atoms with Crippen LogP contribution in [0.25, 0.3) is 0 Å². The van der Waals surface area contributed by atoms with E-state index in [1.54, 1.807) is 24.0 Å². The van der Waals surface area contributed by atoms with Crippen LogP contribution in [0.4, 0.5) is 19.0 Å². The highest BCUT2D eigenvalue weighted by Crippen LogP contribution is 2.29. The number of hydrogen-bond acceptors (Lipinski definition) is 4. The minimum atomic E-state index is -4.39. The summed E-state index contributed by atoms with van der Waals surface area (Å²) in [7, 11) is 0. The van der Waals surface area contributed by atoms with Crippen molar-refractivity contribution in [1.29, 1.82) is 0 Å². The van der Waals surface area contributed by atoms with Crippen molar-refractivity contribution in [2.45, 2.75) is 13.1 Å². The fourth-order valence-electron chi connectivity index (χ4n) is 2.58. The summed E-state index contributed by atoms with van der Waals surface area (Å²) in [6.07, 6.45) is -3.56. The van der Waals surface area contributed by atoms with Gasteiger partial charge in [-0.15, -0.1) is 0 Å². The number of pyridine rings is 1. The maximum Gasteiger partial charge on any atom is 0.417 e. The van der Waals surface area contributed by atoms with E-state index >= 15 is 0 Å². The zero-order valence-corrected chi connectivity index (χ0v) is 13.0. The molecule has 0 saturated carbocycles. The lowest BCUT2D eigenvalue weighted by molar-refractivity contribution is -0.137. The van der Waals surface area contributed by atoms with Gasteiger partial charge in [0.25, 0.3) is 5.91 Å². The number of carbonyl (C=O) groups is 1. The van der Waals surface area contributed by atoms with Gasteiger partial charge < -0.3 is 14.2 Å². The first-order valence-corrected chi connectivity index (χ1v) is 7.48. The molecular formula is C16H16F3N3O2. The Kier molecular flexibility index (Phi) is 4.21. The molecule has 0 N–H and O–H groups in total. The quantitative estimate of drug-likeness (QED) is 0.844. The van der Waals surface area contributed by atoms with Gasteiger partial charge in [-0.1, -0.05) is 0 Å². The number of alkyl halides is 3. The Morgan fingerprint density at radius 2 is 1.83 bits per heavy atom. The maximum atomic E-state index is 12.6. The molecule has 1 saturated heterocycles. The summed E-state index contributed by atoms with van der Waals surface area (Å²) >= 11 is 0. The molecule has 2 aromatic heterocycles. The average molecular weight is 339 g/mol.